The summed E-state index contributed by atoms with van der Waals surface area (Å²) in [6.45, 7) is 8.67. The molecule has 2 rings (SSSR count). The van der Waals surface area contributed by atoms with Crippen molar-refractivity contribution in [1.82, 2.24) is 10.2 Å². The Kier molecular flexibility index (Phi) is 9.19. The second-order valence-corrected chi connectivity index (χ2v) is 8.42. The van der Waals surface area contributed by atoms with E-state index in [4.69, 9.17) is 23.2 Å². The topological polar surface area (TPSA) is 49.4 Å². The molecule has 1 unspecified atom stereocenters. The van der Waals surface area contributed by atoms with Gasteiger partial charge in [-0.2, -0.15) is 0 Å². The highest BCUT2D eigenvalue weighted by atomic mass is 35.5. The van der Waals surface area contributed by atoms with Gasteiger partial charge >= 0.3 is 0 Å². The molecule has 2 aromatic carbocycles. The molecule has 1 N–H and O–H groups in total. The number of nitrogens with zero attached hydrogens (tertiary/aromatic N) is 1. The van der Waals surface area contributed by atoms with Crippen molar-refractivity contribution in [2.24, 2.45) is 0 Å². The molecule has 1 atom stereocenters. The quantitative estimate of drug-likeness (QED) is 0.551. The minimum absolute atomic E-state index is 0.130. The van der Waals surface area contributed by atoms with Gasteiger partial charge in [0.1, 0.15) is 6.04 Å². The predicted octanol–water partition coefficient (Wildman–Crippen LogP) is 5.49. The Labute approximate surface area is 189 Å². The van der Waals surface area contributed by atoms with Crippen molar-refractivity contribution in [3.8, 4) is 0 Å². The molecule has 0 saturated heterocycles. The number of benzene rings is 2. The maximum atomic E-state index is 13.4. The van der Waals surface area contributed by atoms with Gasteiger partial charge in [-0.3, -0.25) is 9.59 Å². The van der Waals surface area contributed by atoms with Gasteiger partial charge in [-0.25, -0.2) is 0 Å². The lowest BCUT2D eigenvalue weighted by molar-refractivity contribution is -0.140. The van der Waals surface area contributed by atoms with Gasteiger partial charge in [0.25, 0.3) is 0 Å². The van der Waals surface area contributed by atoms with Crippen LogP contribution in [0.3, 0.4) is 0 Å². The van der Waals surface area contributed by atoms with E-state index in [0.717, 1.165) is 23.1 Å². The lowest BCUT2D eigenvalue weighted by Gasteiger charge is -2.31. The van der Waals surface area contributed by atoms with Crippen molar-refractivity contribution in [2.75, 3.05) is 6.54 Å². The third-order valence-corrected chi connectivity index (χ3v) is 5.67. The minimum atomic E-state index is -0.595. The van der Waals surface area contributed by atoms with Crippen molar-refractivity contribution in [3.05, 3.63) is 68.7 Å². The molecule has 2 amide bonds. The molecule has 6 heteroatoms. The standard InChI is InChI=1S/C24H30Cl2N2O2/c1-5-10-27-24(30)22(6-2)28(15-19-20(25)8-7-9-21(19)26)23(29)14-18-12-16(3)11-17(4)13-18/h7-9,11-13,22H,5-6,10,14-15H2,1-4H3,(H,27,30). The second-order valence-electron chi connectivity index (χ2n) is 7.61. The summed E-state index contributed by atoms with van der Waals surface area (Å²) in [5, 5.41) is 3.88. The smallest absolute Gasteiger partial charge is 0.242 e. The van der Waals surface area contributed by atoms with E-state index >= 15 is 0 Å². The highest BCUT2D eigenvalue weighted by Gasteiger charge is 2.29. The van der Waals surface area contributed by atoms with Crippen LogP contribution in [0.4, 0.5) is 0 Å². The first-order chi connectivity index (χ1) is 14.3. The third-order valence-electron chi connectivity index (χ3n) is 4.96. The maximum absolute atomic E-state index is 13.4. The molecule has 0 radical (unpaired) electrons. The highest BCUT2D eigenvalue weighted by Crippen LogP contribution is 2.27. The summed E-state index contributed by atoms with van der Waals surface area (Å²) in [7, 11) is 0. The van der Waals surface area contributed by atoms with Gasteiger partial charge in [0.2, 0.25) is 11.8 Å². The van der Waals surface area contributed by atoms with Gasteiger partial charge in [-0.15, -0.1) is 0 Å². The van der Waals surface area contributed by atoms with Gasteiger partial charge < -0.3 is 10.2 Å². The minimum Gasteiger partial charge on any atom is -0.354 e. The van der Waals surface area contributed by atoms with Crippen LogP contribution in [-0.4, -0.2) is 29.3 Å². The Hall–Kier alpha value is -2.04. The van der Waals surface area contributed by atoms with Gasteiger partial charge in [-0.05, 0) is 44.4 Å². The van der Waals surface area contributed by atoms with Crippen LogP contribution in [0.25, 0.3) is 0 Å². The van der Waals surface area contributed by atoms with Crippen molar-refractivity contribution < 1.29 is 9.59 Å². The number of hydrogen-bond donors (Lipinski definition) is 1. The van der Waals surface area contributed by atoms with E-state index in [9.17, 15) is 9.59 Å². The van der Waals surface area contributed by atoms with Gasteiger partial charge in [0, 0.05) is 28.7 Å². The van der Waals surface area contributed by atoms with Crippen LogP contribution in [0.2, 0.25) is 10.0 Å². The summed E-state index contributed by atoms with van der Waals surface area (Å²) in [6, 6.07) is 10.7. The summed E-state index contributed by atoms with van der Waals surface area (Å²) in [6.07, 6.45) is 1.54. The first kappa shape index (κ1) is 24.2. The number of carbonyl (C=O) groups is 2. The molecule has 0 aliphatic heterocycles. The zero-order valence-corrected chi connectivity index (χ0v) is 19.6. The number of hydrogen-bond acceptors (Lipinski definition) is 2. The number of halogens is 2. The monoisotopic (exact) mass is 448 g/mol. The van der Waals surface area contributed by atoms with Crippen LogP contribution < -0.4 is 5.32 Å². The summed E-state index contributed by atoms with van der Waals surface area (Å²) < 4.78 is 0. The van der Waals surface area contributed by atoms with Crippen molar-refractivity contribution in [1.29, 1.82) is 0 Å². The SMILES string of the molecule is CCCNC(=O)C(CC)N(Cc1c(Cl)cccc1Cl)C(=O)Cc1cc(C)cc(C)c1. The van der Waals surface area contributed by atoms with Crippen LogP contribution in [0.5, 0.6) is 0 Å². The van der Waals surface area contributed by atoms with E-state index < -0.39 is 6.04 Å². The van der Waals surface area contributed by atoms with E-state index in [2.05, 4.69) is 11.4 Å². The van der Waals surface area contributed by atoms with Crippen LogP contribution >= 0.6 is 23.2 Å². The number of amides is 2. The van der Waals surface area contributed by atoms with E-state index in [1.807, 2.05) is 39.8 Å². The van der Waals surface area contributed by atoms with E-state index in [0.29, 0.717) is 28.6 Å². The van der Waals surface area contributed by atoms with Crippen LogP contribution in [-0.2, 0) is 22.6 Å². The second kappa shape index (κ2) is 11.4. The lowest BCUT2D eigenvalue weighted by Crippen LogP contribution is -2.49. The summed E-state index contributed by atoms with van der Waals surface area (Å²) >= 11 is 12.7. The fraction of sp³-hybridized carbons (Fsp3) is 0.417. The van der Waals surface area contributed by atoms with E-state index in [-0.39, 0.29) is 24.8 Å². The first-order valence-electron chi connectivity index (χ1n) is 10.3. The molecule has 4 nitrogen and oxygen atoms in total. The average Bonchev–Trinajstić information content (AvgIpc) is 2.67. The molecule has 0 aromatic heterocycles. The maximum Gasteiger partial charge on any atom is 0.242 e. The molecule has 0 aliphatic carbocycles. The lowest BCUT2D eigenvalue weighted by atomic mass is 10.0. The van der Waals surface area contributed by atoms with E-state index in [1.165, 1.54) is 0 Å². The molecule has 30 heavy (non-hydrogen) atoms. The number of rotatable bonds is 9. The highest BCUT2D eigenvalue weighted by molar-refractivity contribution is 6.36. The Bertz CT molecular complexity index is 858. The Morgan fingerprint density at radius 1 is 1.03 bits per heavy atom. The summed E-state index contributed by atoms with van der Waals surface area (Å²) in [4.78, 5) is 27.8. The number of aryl methyl sites for hydroxylation is 2. The van der Waals surface area contributed by atoms with Crippen LogP contribution in [0.15, 0.2) is 36.4 Å². The molecule has 0 aliphatic rings. The molecule has 0 bridgehead atoms. The first-order valence-corrected chi connectivity index (χ1v) is 11.1. The number of nitrogens with one attached hydrogen (secondary N) is 1. The molecular formula is C24H30Cl2N2O2. The zero-order chi connectivity index (χ0) is 22.3. The Morgan fingerprint density at radius 2 is 1.63 bits per heavy atom. The van der Waals surface area contributed by atoms with Crippen molar-refractivity contribution in [3.63, 3.8) is 0 Å². The van der Waals surface area contributed by atoms with Gasteiger partial charge in [0.05, 0.1) is 6.42 Å². The Balaban J connectivity index is 2.37. The average molecular weight is 449 g/mol. The molecule has 0 fully saturated rings. The third kappa shape index (κ3) is 6.48. The van der Waals surface area contributed by atoms with Gasteiger partial charge in [-0.1, -0.05) is 72.4 Å². The molecule has 2 aromatic rings. The van der Waals surface area contributed by atoms with Gasteiger partial charge in [0.15, 0.2) is 0 Å². The fourth-order valence-electron chi connectivity index (χ4n) is 3.59. The van der Waals surface area contributed by atoms with Crippen LogP contribution in [0.1, 0.15) is 48.9 Å². The molecule has 0 saturated carbocycles. The predicted molar refractivity (Wildman–Crippen MR) is 124 cm³/mol. The number of carbonyl (C=O) groups excluding carboxylic acids is 2. The Morgan fingerprint density at radius 3 is 2.17 bits per heavy atom. The van der Waals surface area contributed by atoms with Crippen molar-refractivity contribution >= 4 is 35.0 Å². The molecule has 162 valence electrons. The van der Waals surface area contributed by atoms with Crippen molar-refractivity contribution in [2.45, 2.75) is 59.5 Å². The molecule has 0 spiro atoms. The van der Waals surface area contributed by atoms with Crippen LogP contribution in [0, 0.1) is 13.8 Å². The summed E-state index contributed by atoms with van der Waals surface area (Å²) in [5.74, 6) is -0.286. The fourth-order valence-corrected chi connectivity index (χ4v) is 4.10. The largest absolute Gasteiger partial charge is 0.354 e. The molecular weight excluding hydrogens is 419 g/mol. The normalized spacial score (nSPS) is 11.8. The molecule has 0 heterocycles. The van der Waals surface area contributed by atoms with E-state index in [1.54, 1.807) is 23.1 Å². The summed E-state index contributed by atoms with van der Waals surface area (Å²) in [5.41, 5.74) is 3.78. The zero-order valence-electron chi connectivity index (χ0n) is 18.1.